The van der Waals surface area contributed by atoms with Crippen LogP contribution in [0.4, 0.5) is 0 Å². The van der Waals surface area contributed by atoms with Gasteiger partial charge in [-0.05, 0) is 40.4 Å². The van der Waals surface area contributed by atoms with Gasteiger partial charge in [0.2, 0.25) is 0 Å². The number of rotatable bonds is 6. The fraction of sp³-hybridized carbons (Fsp3) is 0.700. The molecule has 0 unspecified atom stereocenters. The Morgan fingerprint density at radius 2 is 0.872 bits per heavy atom. The molecule has 0 aromatic rings. The number of aliphatic carboxylic acids is 2. The van der Waals surface area contributed by atoms with Crippen LogP contribution in [0, 0.1) is 0 Å². The van der Waals surface area contributed by atoms with Crippen molar-refractivity contribution in [2.24, 2.45) is 0 Å². The molecule has 2 aliphatic rings. The Labute approximate surface area is 228 Å². The molecule has 2 rings (SSSR count). The van der Waals surface area contributed by atoms with Crippen molar-refractivity contribution in [2.45, 2.75) is 56.4 Å². The highest BCUT2D eigenvalue weighted by Crippen LogP contribution is 2.24. The molecule has 0 aliphatic carbocycles. The molecule has 17 nitrogen and oxygen atoms in total. The van der Waals surface area contributed by atoms with E-state index >= 15 is 0 Å². The van der Waals surface area contributed by atoms with E-state index < -0.39 is 50.1 Å². The lowest BCUT2D eigenvalue weighted by atomic mass is 10.1. The maximum Gasteiger partial charge on any atom is 0.786 e. The second kappa shape index (κ2) is 25.1. The number of carbonyl (C=O) groups excluding carboxylic acids is 4. The van der Waals surface area contributed by atoms with E-state index in [0.29, 0.717) is 0 Å². The van der Waals surface area contributed by atoms with Crippen LogP contribution in [0.25, 0.3) is 0 Å². The Bertz CT molecular complexity index is 637. The first kappa shape index (κ1) is 45.7. The summed E-state index contributed by atoms with van der Waals surface area (Å²) < 4.78 is 16.5. The van der Waals surface area contributed by atoms with E-state index in [-0.39, 0.29) is 14.9 Å². The van der Waals surface area contributed by atoms with Crippen LogP contribution >= 0.6 is 0 Å². The molecule has 0 bridgehead atoms. The third kappa shape index (κ3) is 22.4. The molecule has 1 spiro atoms. The summed E-state index contributed by atoms with van der Waals surface area (Å²) in [5.74, 6) is -9.14. The minimum Gasteiger partial charge on any atom is -0.576 e. The summed E-state index contributed by atoms with van der Waals surface area (Å²) in [6.07, 6.45) is 0. The van der Waals surface area contributed by atoms with Gasteiger partial charge >= 0.3 is 50.1 Å². The van der Waals surface area contributed by atoms with Crippen LogP contribution in [-0.4, -0.2) is 120 Å². The zero-order chi connectivity index (χ0) is 29.8. The normalized spacial score (nSPS) is 13.5. The number of carbonyl (C=O) groups is 6. The van der Waals surface area contributed by atoms with E-state index in [2.05, 4.69) is 65.1 Å². The predicted molar refractivity (Wildman–Crippen MR) is 137 cm³/mol. The average molecular weight is 574 g/mol. The molecule has 39 heavy (non-hydrogen) atoms. The van der Waals surface area contributed by atoms with Gasteiger partial charge in [-0.3, -0.25) is 0 Å². The van der Waals surface area contributed by atoms with E-state index in [1.807, 2.05) is 0 Å². The van der Waals surface area contributed by atoms with E-state index in [0.717, 1.165) is 0 Å². The molecule has 0 aromatic heterocycles. The van der Waals surface area contributed by atoms with Gasteiger partial charge in [0.15, 0.2) is 0 Å². The SMILES string of the molecule is C.C.CCN(CC)CC.CC[NH+](CC)CC.O=C(O)C(=O)O.O=C1O[B-]2(OC1=O)OC(=O)C(=O)O2.OB(O)O. The van der Waals surface area contributed by atoms with Crippen molar-refractivity contribution in [1.29, 1.82) is 0 Å². The minimum atomic E-state index is -3.30. The standard InChI is InChI=1S/2C6H15N.C4BO8.C2H2O4.2CH4.BH3O3/c2*1-4-7(5-2)6-3;6-1-2(7)11-5(10-1)12-3(8)4(9)13-5;3-1(4)2(5)6;;;2-1(3)4/h2*4-6H2,1-3H3;;(H,3,4)(H,5,6);2*1H4;2-4H/q;;-1;;;;/p+1. The Kier molecular flexibility index (Phi) is 29.3. The topological polar surface area (TPSA) is 248 Å². The van der Waals surface area contributed by atoms with Gasteiger partial charge in [-0.2, -0.15) is 0 Å². The van der Waals surface area contributed by atoms with Crippen LogP contribution in [0.15, 0.2) is 0 Å². The highest BCUT2D eigenvalue weighted by Gasteiger charge is 2.60. The van der Waals surface area contributed by atoms with Crippen LogP contribution in [0.2, 0.25) is 0 Å². The molecule has 0 atom stereocenters. The Balaban J connectivity index is -0.000000130. The van der Waals surface area contributed by atoms with Crippen molar-refractivity contribution in [3.8, 4) is 0 Å². The molecular weight excluding hydrogens is 530 g/mol. The van der Waals surface area contributed by atoms with Crippen molar-refractivity contribution < 1.29 is 77.6 Å². The van der Waals surface area contributed by atoms with Crippen molar-refractivity contribution in [3.63, 3.8) is 0 Å². The lowest BCUT2D eigenvalue weighted by molar-refractivity contribution is -0.894. The number of carboxylic acid groups (broad SMARTS) is 2. The third-order valence-electron chi connectivity index (χ3n) is 4.36. The van der Waals surface area contributed by atoms with Crippen LogP contribution in [-0.2, 0) is 47.4 Å². The summed E-state index contributed by atoms with van der Waals surface area (Å²) >= 11 is 0. The van der Waals surface area contributed by atoms with Gasteiger partial charge in [-0.25, -0.2) is 28.8 Å². The van der Waals surface area contributed by atoms with Crippen LogP contribution in [0.1, 0.15) is 56.4 Å². The fourth-order valence-corrected chi connectivity index (χ4v) is 2.28. The molecule has 6 N–H and O–H groups in total. The number of quaternary nitrogens is 1. The van der Waals surface area contributed by atoms with Crippen molar-refractivity contribution in [1.82, 2.24) is 4.90 Å². The van der Waals surface area contributed by atoms with Gasteiger partial charge < -0.3 is 53.7 Å². The van der Waals surface area contributed by atoms with Crippen LogP contribution in [0.5, 0.6) is 0 Å². The molecule has 2 heterocycles. The summed E-state index contributed by atoms with van der Waals surface area (Å²) in [6.45, 7) is 17.3. The Morgan fingerprint density at radius 1 is 0.667 bits per heavy atom. The zero-order valence-electron chi connectivity index (χ0n) is 21.7. The number of hydrogen-bond donors (Lipinski definition) is 6. The molecule has 0 amide bonds. The van der Waals surface area contributed by atoms with Gasteiger partial charge in [0.05, 0.1) is 19.6 Å². The van der Waals surface area contributed by atoms with E-state index in [1.54, 1.807) is 4.90 Å². The zero-order valence-corrected chi connectivity index (χ0v) is 21.7. The first-order valence-electron chi connectivity index (χ1n) is 11.2. The first-order chi connectivity index (χ1) is 17.1. The number of hydrogen-bond acceptors (Lipinski definition) is 14. The van der Waals surface area contributed by atoms with Crippen LogP contribution < -0.4 is 4.90 Å². The van der Waals surface area contributed by atoms with Gasteiger partial charge in [0.1, 0.15) is 0 Å². The smallest absolute Gasteiger partial charge is 0.576 e. The minimum absolute atomic E-state index is 0. The molecule has 0 saturated carbocycles. The molecule has 19 heteroatoms. The lowest BCUT2D eigenvalue weighted by Gasteiger charge is -2.21. The van der Waals surface area contributed by atoms with E-state index in [1.165, 1.54) is 39.3 Å². The number of nitrogens with one attached hydrogen (secondary N) is 1. The van der Waals surface area contributed by atoms with Gasteiger partial charge in [-0.15, -0.1) is 0 Å². The van der Waals surface area contributed by atoms with Crippen molar-refractivity contribution in [3.05, 3.63) is 0 Å². The van der Waals surface area contributed by atoms with Crippen molar-refractivity contribution >= 4 is 50.1 Å². The largest absolute Gasteiger partial charge is 0.786 e. The number of carboxylic acids is 2. The highest BCUT2D eigenvalue weighted by molar-refractivity contribution is 6.73. The molecule has 2 saturated heterocycles. The summed E-state index contributed by atoms with van der Waals surface area (Å²) in [4.78, 5) is 64.2. The fourth-order valence-electron chi connectivity index (χ4n) is 2.28. The van der Waals surface area contributed by atoms with E-state index in [4.69, 9.17) is 34.9 Å². The Hall–Kier alpha value is -3.25. The molecule has 230 valence electrons. The third-order valence-corrected chi connectivity index (χ3v) is 4.36. The monoisotopic (exact) mass is 574 g/mol. The van der Waals surface area contributed by atoms with E-state index in [9.17, 15) is 19.2 Å². The lowest BCUT2D eigenvalue weighted by Crippen LogP contribution is -3.11. The quantitative estimate of drug-likeness (QED) is 0.139. The summed E-state index contributed by atoms with van der Waals surface area (Å²) in [5.41, 5.74) is 0. The first-order valence-corrected chi connectivity index (χ1v) is 11.2. The summed E-state index contributed by atoms with van der Waals surface area (Å²) in [5, 5.41) is 36.3. The maximum atomic E-state index is 10.5. The molecule has 2 fully saturated rings. The predicted octanol–water partition coefficient (Wildman–Crippen LogP) is -2.72. The molecule has 0 radical (unpaired) electrons. The second-order valence-electron chi connectivity index (χ2n) is 6.59. The van der Waals surface area contributed by atoms with Crippen LogP contribution in [0.3, 0.4) is 0 Å². The van der Waals surface area contributed by atoms with Crippen molar-refractivity contribution in [2.75, 3.05) is 39.3 Å². The molecular formula is C20H44B2N2O15. The average Bonchev–Trinajstić information content (AvgIpc) is 3.25. The summed E-state index contributed by atoms with van der Waals surface area (Å²) in [7, 11) is -2.17. The Morgan fingerprint density at radius 3 is 0.949 bits per heavy atom. The van der Waals surface area contributed by atoms with Gasteiger partial charge in [-0.1, -0.05) is 35.6 Å². The molecule has 2 aliphatic heterocycles. The van der Waals surface area contributed by atoms with Gasteiger partial charge in [0, 0.05) is 0 Å². The molecule has 0 aromatic carbocycles. The maximum absolute atomic E-state index is 10.5. The summed E-state index contributed by atoms with van der Waals surface area (Å²) in [6, 6.07) is 0. The van der Waals surface area contributed by atoms with Gasteiger partial charge in [0.25, 0.3) is 0 Å². The highest BCUT2D eigenvalue weighted by atomic mass is 17.0. The second-order valence-corrected chi connectivity index (χ2v) is 6.59. The number of nitrogens with zero attached hydrogens (tertiary/aromatic N) is 1.